The van der Waals surface area contributed by atoms with Crippen LogP contribution in [0.25, 0.3) is 11.1 Å². The maximum Gasteiger partial charge on any atom is 0.266 e. The summed E-state index contributed by atoms with van der Waals surface area (Å²) < 4.78 is 5.06. The van der Waals surface area contributed by atoms with Gasteiger partial charge in [-0.3, -0.25) is 10.2 Å². The number of hydrazine groups is 1. The second kappa shape index (κ2) is 5.33. The summed E-state index contributed by atoms with van der Waals surface area (Å²) >= 11 is 0. The van der Waals surface area contributed by atoms with E-state index in [1.54, 1.807) is 6.07 Å². The van der Waals surface area contributed by atoms with Crippen LogP contribution < -0.4 is 16.0 Å². The first-order valence-electron chi connectivity index (χ1n) is 5.43. The summed E-state index contributed by atoms with van der Waals surface area (Å²) in [6.07, 6.45) is 0. The van der Waals surface area contributed by atoms with Crippen LogP contribution in [-0.4, -0.2) is 13.0 Å². The summed E-state index contributed by atoms with van der Waals surface area (Å²) in [5.41, 5.74) is 4.17. The zero-order chi connectivity index (χ0) is 13.0. The van der Waals surface area contributed by atoms with Gasteiger partial charge in [-0.2, -0.15) is 0 Å². The van der Waals surface area contributed by atoms with Crippen molar-refractivity contribution in [3.05, 3.63) is 54.1 Å². The van der Waals surface area contributed by atoms with Gasteiger partial charge >= 0.3 is 0 Å². The Morgan fingerprint density at radius 2 is 1.94 bits per heavy atom. The molecule has 0 fully saturated rings. The molecule has 4 heteroatoms. The second-order valence-corrected chi connectivity index (χ2v) is 3.65. The van der Waals surface area contributed by atoms with Gasteiger partial charge in [0.25, 0.3) is 5.91 Å². The maximum absolute atomic E-state index is 11.8. The van der Waals surface area contributed by atoms with Crippen LogP contribution in [0.15, 0.2) is 42.5 Å². The predicted octanol–water partition coefficient (Wildman–Crippen LogP) is 1.77. The normalized spacial score (nSPS) is 9.89. The molecule has 2 aromatic carbocycles. The molecule has 0 heterocycles. The van der Waals surface area contributed by atoms with Crippen LogP contribution >= 0.6 is 0 Å². The molecule has 2 rings (SSSR count). The number of nitrogen functional groups attached to an aromatic ring is 1. The fourth-order valence-electron chi connectivity index (χ4n) is 1.70. The molecule has 91 valence electrons. The molecule has 0 saturated carbocycles. The summed E-state index contributed by atoms with van der Waals surface area (Å²) in [6.45, 7) is 0. The zero-order valence-electron chi connectivity index (χ0n) is 9.94. The Hall–Kier alpha value is -2.33. The topological polar surface area (TPSA) is 64.3 Å². The Morgan fingerprint density at radius 1 is 1.22 bits per heavy atom. The van der Waals surface area contributed by atoms with Gasteiger partial charge in [-0.05, 0) is 23.3 Å². The standard InChI is InChI=1S/C14H13N2O2/c1-18-11-7-8-12(10-5-3-2-4-6-10)13(9-11)14(17)16-15/h2-8H,15H2,1H3,(H,16,17). The van der Waals surface area contributed by atoms with Gasteiger partial charge in [-0.15, -0.1) is 0 Å². The third kappa shape index (κ3) is 2.33. The van der Waals surface area contributed by atoms with Crippen LogP contribution in [-0.2, 0) is 0 Å². The molecule has 2 aromatic rings. The molecule has 1 radical (unpaired) electrons. The van der Waals surface area contributed by atoms with E-state index in [1.165, 1.54) is 7.11 Å². The molecule has 0 aromatic heterocycles. The van der Waals surface area contributed by atoms with Crippen LogP contribution in [0.1, 0.15) is 10.4 Å². The van der Waals surface area contributed by atoms with Gasteiger partial charge in [0, 0.05) is 6.07 Å². The summed E-state index contributed by atoms with van der Waals surface area (Å²) in [7, 11) is 1.53. The minimum Gasteiger partial charge on any atom is -0.496 e. The van der Waals surface area contributed by atoms with Crippen LogP contribution in [0, 0.1) is 6.07 Å². The first kappa shape index (κ1) is 12.1. The molecular formula is C14H13N2O2. The monoisotopic (exact) mass is 241 g/mol. The fraction of sp³-hybridized carbons (Fsp3) is 0.0714. The number of nitrogens with one attached hydrogen (secondary N) is 1. The van der Waals surface area contributed by atoms with Crippen molar-refractivity contribution in [2.75, 3.05) is 7.11 Å². The summed E-state index contributed by atoms with van der Waals surface area (Å²) in [6, 6.07) is 16.0. The van der Waals surface area contributed by atoms with Crippen molar-refractivity contribution in [3.63, 3.8) is 0 Å². The average Bonchev–Trinajstić information content (AvgIpc) is 2.46. The number of carbonyl (C=O) groups excluding carboxylic acids is 1. The smallest absolute Gasteiger partial charge is 0.266 e. The number of carbonyl (C=O) groups is 1. The van der Waals surface area contributed by atoms with Gasteiger partial charge in [0.1, 0.15) is 5.75 Å². The summed E-state index contributed by atoms with van der Waals surface area (Å²) in [5.74, 6) is 5.28. The number of hydrogen-bond donors (Lipinski definition) is 2. The van der Waals surface area contributed by atoms with Gasteiger partial charge in [0.05, 0.1) is 12.7 Å². The van der Waals surface area contributed by atoms with E-state index < -0.39 is 5.91 Å². The Kier molecular flexibility index (Phi) is 3.60. The SMILES string of the molecule is COc1[c]c(C(=O)NN)c(-c2ccccc2)cc1. The third-order valence-electron chi connectivity index (χ3n) is 2.58. The first-order valence-corrected chi connectivity index (χ1v) is 5.43. The van der Waals surface area contributed by atoms with Crippen molar-refractivity contribution in [1.82, 2.24) is 5.43 Å². The molecule has 18 heavy (non-hydrogen) atoms. The van der Waals surface area contributed by atoms with E-state index in [0.29, 0.717) is 11.3 Å². The lowest BCUT2D eigenvalue weighted by atomic mass is 9.99. The molecule has 0 spiro atoms. The highest BCUT2D eigenvalue weighted by Gasteiger charge is 2.13. The van der Waals surface area contributed by atoms with E-state index in [9.17, 15) is 4.79 Å². The molecule has 0 atom stereocenters. The van der Waals surface area contributed by atoms with E-state index in [0.717, 1.165) is 11.1 Å². The molecule has 3 N–H and O–H groups in total. The van der Waals surface area contributed by atoms with Gasteiger partial charge < -0.3 is 4.74 Å². The van der Waals surface area contributed by atoms with Crippen molar-refractivity contribution in [3.8, 4) is 16.9 Å². The zero-order valence-corrected chi connectivity index (χ0v) is 9.94. The number of ether oxygens (including phenoxy) is 1. The summed E-state index contributed by atoms with van der Waals surface area (Å²) in [5, 5.41) is 0. The molecule has 0 aliphatic carbocycles. The molecule has 0 unspecified atom stereocenters. The van der Waals surface area contributed by atoms with Gasteiger partial charge in [0.2, 0.25) is 0 Å². The molecule has 4 nitrogen and oxygen atoms in total. The highest BCUT2D eigenvalue weighted by Crippen LogP contribution is 2.26. The van der Waals surface area contributed by atoms with Crippen molar-refractivity contribution < 1.29 is 9.53 Å². The Balaban J connectivity index is 2.56. The number of hydrogen-bond acceptors (Lipinski definition) is 3. The lowest BCUT2D eigenvalue weighted by Gasteiger charge is -2.10. The van der Waals surface area contributed by atoms with Crippen molar-refractivity contribution in [1.29, 1.82) is 0 Å². The largest absolute Gasteiger partial charge is 0.496 e. The number of rotatable bonds is 3. The number of amides is 1. The predicted molar refractivity (Wildman–Crippen MR) is 68.9 cm³/mol. The quantitative estimate of drug-likeness (QED) is 0.489. The molecule has 1 amide bonds. The van der Waals surface area contributed by atoms with Crippen LogP contribution in [0.2, 0.25) is 0 Å². The van der Waals surface area contributed by atoms with E-state index in [1.807, 2.05) is 36.4 Å². The average molecular weight is 241 g/mol. The molecule has 0 aliphatic rings. The number of methoxy groups -OCH3 is 1. The van der Waals surface area contributed by atoms with E-state index >= 15 is 0 Å². The van der Waals surface area contributed by atoms with Gasteiger partial charge in [-0.1, -0.05) is 30.3 Å². The second-order valence-electron chi connectivity index (χ2n) is 3.65. The highest BCUT2D eigenvalue weighted by molar-refractivity contribution is 6.00. The van der Waals surface area contributed by atoms with Crippen LogP contribution in [0.5, 0.6) is 5.75 Å². The maximum atomic E-state index is 11.8. The van der Waals surface area contributed by atoms with Gasteiger partial charge in [0.15, 0.2) is 0 Å². The summed E-state index contributed by atoms with van der Waals surface area (Å²) in [4.78, 5) is 11.8. The lowest BCUT2D eigenvalue weighted by molar-refractivity contribution is 0.0953. The minimum atomic E-state index is -0.396. The molecule has 0 aliphatic heterocycles. The van der Waals surface area contributed by atoms with E-state index in [-0.39, 0.29) is 0 Å². The Bertz CT molecular complexity index is 553. The Morgan fingerprint density at radius 3 is 2.56 bits per heavy atom. The van der Waals surface area contributed by atoms with Gasteiger partial charge in [-0.25, -0.2) is 5.84 Å². The minimum absolute atomic E-state index is 0.364. The third-order valence-corrected chi connectivity index (χ3v) is 2.58. The van der Waals surface area contributed by atoms with Crippen LogP contribution in [0.4, 0.5) is 0 Å². The number of nitrogens with two attached hydrogens (primary N) is 1. The molecular weight excluding hydrogens is 228 g/mol. The fourth-order valence-corrected chi connectivity index (χ4v) is 1.70. The van der Waals surface area contributed by atoms with Crippen molar-refractivity contribution in [2.24, 2.45) is 5.84 Å². The number of benzene rings is 2. The Labute approximate surface area is 105 Å². The van der Waals surface area contributed by atoms with Crippen LogP contribution in [0.3, 0.4) is 0 Å². The first-order chi connectivity index (χ1) is 8.76. The van der Waals surface area contributed by atoms with Crippen molar-refractivity contribution >= 4 is 5.91 Å². The molecule has 0 bridgehead atoms. The highest BCUT2D eigenvalue weighted by atomic mass is 16.5. The van der Waals surface area contributed by atoms with E-state index in [2.05, 4.69) is 11.5 Å². The lowest BCUT2D eigenvalue weighted by Crippen LogP contribution is -2.30. The van der Waals surface area contributed by atoms with E-state index in [4.69, 9.17) is 10.6 Å². The molecule has 0 saturated heterocycles. The van der Waals surface area contributed by atoms with Crippen molar-refractivity contribution in [2.45, 2.75) is 0 Å².